The van der Waals surface area contributed by atoms with E-state index >= 15 is 0 Å². The molecule has 0 saturated carbocycles. The highest BCUT2D eigenvalue weighted by atomic mass is 16.7. The maximum Gasteiger partial charge on any atom is 0.231 e. The van der Waals surface area contributed by atoms with Crippen LogP contribution >= 0.6 is 0 Å². The van der Waals surface area contributed by atoms with Gasteiger partial charge in [0.15, 0.2) is 11.5 Å². The zero-order valence-corrected chi connectivity index (χ0v) is 11.3. The second-order valence-electron chi connectivity index (χ2n) is 4.47. The first-order valence-electron chi connectivity index (χ1n) is 6.47. The zero-order chi connectivity index (χ0) is 14.4. The van der Waals surface area contributed by atoms with E-state index in [0.717, 1.165) is 12.0 Å². The number of nitriles is 1. The summed E-state index contributed by atoms with van der Waals surface area (Å²) in [6, 6.07) is 7.29. The van der Waals surface area contributed by atoms with Crippen LogP contribution in [0.25, 0.3) is 0 Å². The van der Waals surface area contributed by atoms with Gasteiger partial charge in [0, 0.05) is 13.5 Å². The summed E-state index contributed by atoms with van der Waals surface area (Å²) >= 11 is 0. The van der Waals surface area contributed by atoms with E-state index < -0.39 is 6.04 Å². The Morgan fingerprint density at radius 1 is 1.40 bits per heavy atom. The van der Waals surface area contributed by atoms with Crippen molar-refractivity contribution in [3.8, 4) is 17.6 Å². The van der Waals surface area contributed by atoms with E-state index in [-0.39, 0.29) is 12.7 Å². The van der Waals surface area contributed by atoms with Gasteiger partial charge < -0.3 is 14.8 Å². The molecular weight excluding hydrogens is 258 g/mol. The van der Waals surface area contributed by atoms with Crippen molar-refractivity contribution in [1.29, 1.82) is 5.26 Å². The van der Waals surface area contributed by atoms with Crippen LogP contribution in [0.3, 0.4) is 0 Å². The molecule has 0 saturated heterocycles. The fourth-order valence-electron chi connectivity index (χ4n) is 1.93. The molecule has 1 aliphatic heterocycles. The van der Waals surface area contributed by atoms with Crippen LogP contribution in [0.4, 0.5) is 0 Å². The Labute approximate surface area is 117 Å². The number of rotatable bonds is 6. The zero-order valence-electron chi connectivity index (χ0n) is 11.3. The molecule has 0 spiro atoms. The molecule has 1 aromatic carbocycles. The molecule has 2 rings (SSSR count). The van der Waals surface area contributed by atoms with Gasteiger partial charge in [0.1, 0.15) is 6.04 Å². The fourth-order valence-corrected chi connectivity index (χ4v) is 1.93. The number of amides is 1. The number of carbonyl (C=O) groups is 1. The highest BCUT2D eigenvalue weighted by molar-refractivity contribution is 5.72. The topological polar surface area (TPSA) is 83.4 Å². The molecule has 1 atom stereocenters. The van der Waals surface area contributed by atoms with E-state index in [9.17, 15) is 10.1 Å². The summed E-state index contributed by atoms with van der Waals surface area (Å²) in [6.07, 6.45) is 0.766. The molecule has 1 heterocycles. The minimum Gasteiger partial charge on any atom is -0.454 e. The Morgan fingerprint density at radius 2 is 2.20 bits per heavy atom. The Bertz CT molecular complexity index is 525. The number of fused-ring (bicyclic) bond motifs is 1. The first-order chi connectivity index (χ1) is 9.70. The fraction of sp³-hybridized carbons (Fsp3) is 0.429. The van der Waals surface area contributed by atoms with Gasteiger partial charge in [0.05, 0.1) is 6.07 Å². The molecule has 0 aliphatic carbocycles. The number of ether oxygens (including phenoxy) is 2. The lowest BCUT2D eigenvalue weighted by molar-refractivity contribution is -0.118. The molecule has 106 valence electrons. The molecule has 20 heavy (non-hydrogen) atoms. The van der Waals surface area contributed by atoms with E-state index in [4.69, 9.17) is 9.47 Å². The first-order valence-corrected chi connectivity index (χ1v) is 6.47. The smallest absolute Gasteiger partial charge is 0.231 e. The molecule has 0 aromatic heterocycles. The normalized spacial score (nSPS) is 13.6. The first kappa shape index (κ1) is 14.2. The van der Waals surface area contributed by atoms with Crippen LogP contribution in [0.5, 0.6) is 11.5 Å². The van der Waals surface area contributed by atoms with E-state index in [0.29, 0.717) is 24.6 Å². The minimum atomic E-state index is -0.401. The third-order valence-corrected chi connectivity index (χ3v) is 2.94. The standard InChI is InChI=1S/C14H17N3O3/c1-10(18)16-5-2-6-17-12(8-15)11-3-4-13-14(7-11)20-9-19-13/h3-4,7,12,17H,2,5-6,9H2,1H3,(H,16,18). The number of hydrogen-bond donors (Lipinski definition) is 2. The van der Waals surface area contributed by atoms with Gasteiger partial charge in [-0.1, -0.05) is 6.07 Å². The third kappa shape index (κ3) is 3.62. The summed E-state index contributed by atoms with van der Waals surface area (Å²) < 4.78 is 10.5. The van der Waals surface area contributed by atoms with Crippen molar-refractivity contribution < 1.29 is 14.3 Å². The van der Waals surface area contributed by atoms with E-state index in [1.54, 1.807) is 6.07 Å². The van der Waals surface area contributed by atoms with E-state index in [1.807, 2.05) is 12.1 Å². The van der Waals surface area contributed by atoms with Gasteiger partial charge in [-0.2, -0.15) is 5.26 Å². The van der Waals surface area contributed by atoms with Crippen LogP contribution in [-0.2, 0) is 4.79 Å². The summed E-state index contributed by atoms with van der Waals surface area (Å²) in [6.45, 7) is 2.95. The molecule has 1 aromatic rings. The van der Waals surface area contributed by atoms with Crippen molar-refractivity contribution in [2.75, 3.05) is 19.9 Å². The summed E-state index contributed by atoms with van der Waals surface area (Å²) in [5.41, 5.74) is 0.844. The third-order valence-electron chi connectivity index (χ3n) is 2.94. The number of nitrogens with one attached hydrogen (secondary N) is 2. The highest BCUT2D eigenvalue weighted by Gasteiger charge is 2.17. The molecule has 6 nitrogen and oxygen atoms in total. The lowest BCUT2D eigenvalue weighted by Gasteiger charge is -2.12. The monoisotopic (exact) mass is 275 g/mol. The van der Waals surface area contributed by atoms with Crippen molar-refractivity contribution in [2.24, 2.45) is 0 Å². The average molecular weight is 275 g/mol. The molecule has 1 unspecified atom stereocenters. The van der Waals surface area contributed by atoms with Crippen LogP contribution in [0, 0.1) is 11.3 Å². The molecule has 2 N–H and O–H groups in total. The Kier molecular flexibility index (Phi) is 4.80. The molecule has 0 fully saturated rings. The molecule has 6 heteroatoms. The van der Waals surface area contributed by atoms with Crippen molar-refractivity contribution in [3.63, 3.8) is 0 Å². The maximum atomic E-state index is 10.7. The molecule has 0 radical (unpaired) electrons. The second kappa shape index (κ2) is 6.78. The van der Waals surface area contributed by atoms with Crippen LogP contribution in [0.2, 0.25) is 0 Å². The summed E-state index contributed by atoms with van der Waals surface area (Å²) in [7, 11) is 0. The molecule has 1 aliphatic rings. The number of nitrogens with zero attached hydrogens (tertiary/aromatic N) is 1. The van der Waals surface area contributed by atoms with Gasteiger partial charge in [-0.05, 0) is 30.7 Å². The predicted molar refractivity (Wildman–Crippen MR) is 72.2 cm³/mol. The average Bonchev–Trinajstić information content (AvgIpc) is 2.89. The van der Waals surface area contributed by atoms with E-state index in [1.165, 1.54) is 6.92 Å². The second-order valence-corrected chi connectivity index (χ2v) is 4.47. The van der Waals surface area contributed by atoms with Gasteiger partial charge >= 0.3 is 0 Å². The van der Waals surface area contributed by atoms with Gasteiger partial charge in [-0.3, -0.25) is 10.1 Å². The quantitative estimate of drug-likeness (QED) is 0.759. The van der Waals surface area contributed by atoms with Crippen molar-refractivity contribution >= 4 is 5.91 Å². The Hall–Kier alpha value is -2.26. The van der Waals surface area contributed by atoms with Gasteiger partial charge in [0.25, 0.3) is 0 Å². The summed E-state index contributed by atoms with van der Waals surface area (Å²) in [5, 5.41) is 15.1. The largest absolute Gasteiger partial charge is 0.454 e. The van der Waals surface area contributed by atoms with Crippen LogP contribution < -0.4 is 20.1 Å². The van der Waals surface area contributed by atoms with Crippen LogP contribution in [-0.4, -0.2) is 25.8 Å². The minimum absolute atomic E-state index is 0.0439. The number of hydrogen-bond acceptors (Lipinski definition) is 5. The summed E-state index contributed by atoms with van der Waals surface area (Å²) in [4.78, 5) is 10.7. The Balaban J connectivity index is 1.86. The van der Waals surface area contributed by atoms with Crippen LogP contribution in [0.1, 0.15) is 24.9 Å². The lowest BCUT2D eigenvalue weighted by atomic mass is 10.1. The van der Waals surface area contributed by atoms with Gasteiger partial charge in [-0.25, -0.2) is 0 Å². The maximum absolute atomic E-state index is 10.7. The lowest BCUT2D eigenvalue weighted by Crippen LogP contribution is -2.27. The van der Waals surface area contributed by atoms with Crippen LogP contribution in [0.15, 0.2) is 18.2 Å². The molecule has 1 amide bonds. The Morgan fingerprint density at radius 3 is 2.95 bits per heavy atom. The van der Waals surface area contributed by atoms with Crippen molar-refractivity contribution in [1.82, 2.24) is 10.6 Å². The van der Waals surface area contributed by atoms with Crippen molar-refractivity contribution in [3.05, 3.63) is 23.8 Å². The van der Waals surface area contributed by atoms with E-state index in [2.05, 4.69) is 16.7 Å². The van der Waals surface area contributed by atoms with Gasteiger partial charge in [0.2, 0.25) is 12.7 Å². The SMILES string of the molecule is CC(=O)NCCCNC(C#N)c1ccc2c(c1)OCO2. The highest BCUT2D eigenvalue weighted by Crippen LogP contribution is 2.34. The molecule has 0 bridgehead atoms. The predicted octanol–water partition coefficient (Wildman–Crippen LogP) is 1.10. The molecular formula is C14H17N3O3. The summed E-state index contributed by atoms with van der Waals surface area (Å²) in [5.74, 6) is 1.33. The van der Waals surface area contributed by atoms with Crippen molar-refractivity contribution in [2.45, 2.75) is 19.4 Å². The van der Waals surface area contributed by atoms with Gasteiger partial charge in [-0.15, -0.1) is 0 Å². The number of benzene rings is 1. The number of carbonyl (C=O) groups excluding carboxylic acids is 1.